The van der Waals surface area contributed by atoms with E-state index in [0.717, 1.165) is 13.0 Å². The monoisotopic (exact) mass is 299 g/mol. The summed E-state index contributed by atoms with van der Waals surface area (Å²) >= 11 is 1.41. The van der Waals surface area contributed by atoms with Gasteiger partial charge in [0.2, 0.25) is 0 Å². The first kappa shape index (κ1) is 17.0. The molecule has 0 aliphatic heterocycles. The molecule has 1 unspecified atom stereocenters. The molecule has 0 radical (unpaired) electrons. The molecule has 0 amide bonds. The van der Waals surface area contributed by atoms with Gasteiger partial charge in [0, 0.05) is 10.6 Å². The molecule has 1 N–H and O–H groups in total. The molecule has 0 bridgehead atoms. The lowest BCUT2D eigenvalue weighted by atomic mass is 9.99. The largest absolute Gasteiger partial charge is 0.468 e. The standard InChI is InChI=1S/C15H22FNO2S/c1-4-10-17-15(2,14(18)19-3)9-11-20-13-8-6-5-7-12(13)16/h5-8,17H,4,9-11H2,1-3H3. The van der Waals surface area contributed by atoms with Crippen LogP contribution in [0.5, 0.6) is 0 Å². The smallest absolute Gasteiger partial charge is 0.325 e. The summed E-state index contributed by atoms with van der Waals surface area (Å²) in [5.74, 6) is 0.141. The molecule has 1 aromatic carbocycles. The summed E-state index contributed by atoms with van der Waals surface area (Å²) in [7, 11) is 1.39. The second-order valence-electron chi connectivity index (χ2n) is 4.78. The van der Waals surface area contributed by atoms with Crippen molar-refractivity contribution in [1.82, 2.24) is 5.32 Å². The molecule has 0 fully saturated rings. The zero-order valence-electron chi connectivity index (χ0n) is 12.2. The fraction of sp³-hybridized carbons (Fsp3) is 0.533. The Bertz CT molecular complexity index is 442. The van der Waals surface area contributed by atoms with Crippen molar-refractivity contribution in [3.8, 4) is 0 Å². The van der Waals surface area contributed by atoms with Gasteiger partial charge in [0.25, 0.3) is 0 Å². The van der Waals surface area contributed by atoms with Crippen LogP contribution in [-0.2, 0) is 9.53 Å². The van der Waals surface area contributed by atoms with Crippen LogP contribution in [0.25, 0.3) is 0 Å². The van der Waals surface area contributed by atoms with Crippen LogP contribution in [0.3, 0.4) is 0 Å². The van der Waals surface area contributed by atoms with Gasteiger partial charge < -0.3 is 10.1 Å². The van der Waals surface area contributed by atoms with Crippen molar-refractivity contribution in [3.63, 3.8) is 0 Å². The maximum atomic E-state index is 13.5. The minimum atomic E-state index is -0.719. The van der Waals surface area contributed by atoms with Crippen molar-refractivity contribution in [2.75, 3.05) is 19.4 Å². The van der Waals surface area contributed by atoms with Gasteiger partial charge in [0.1, 0.15) is 11.4 Å². The van der Waals surface area contributed by atoms with Gasteiger partial charge in [0.15, 0.2) is 0 Å². The van der Waals surface area contributed by atoms with Crippen LogP contribution >= 0.6 is 11.8 Å². The average Bonchev–Trinajstić information content (AvgIpc) is 2.46. The van der Waals surface area contributed by atoms with Gasteiger partial charge in [-0.1, -0.05) is 19.1 Å². The number of carbonyl (C=O) groups is 1. The van der Waals surface area contributed by atoms with E-state index in [0.29, 0.717) is 17.1 Å². The number of nitrogens with one attached hydrogen (secondary N) is 1. The Labute approximate surface area is 124 Å². The molecule has 1 rings (SSSR count). The maximum Gasteiger partial charge on any atom is 0.325 e. The summed E-state index contributed by atoms with van der Waals surface area (Å²) in [6.45, 7) is 4.62. The van der Waals surface area contributed by atoms with E-state index in [1.54, 1.807) is 18.2 Å². The molecule has 0 saturated carbocycles. The fourth-order valence-electron chi connectivity index (χ4n) is 1.82. The molecule has 112 valence electrons. The number of carbonyl (C=O) groups excluding carboxylic acids is 1. The molecule has 1 aromatic rings. The van der Waals surface area contributed by atoms with Crippen molar-refractivity contribution in [2.24, 2.45) is 0 Å². The molecule has 20 heavy (non-hydrogen) atoms. The lowest BCUT2D eigenvalue weighted by Crippen LogP contribution is -2.50. The van der Waals surface area contributed by atoms with Gasteiger partial charge in [-0.15, -0.1) is 11.8 Å². The van der Waals surface area contributed by atoms with Crippen LogP contribution in [0, 0.1) is 5.82 Å². The highest BCUT2D eigenvalue weighted by molar-refractivity contribution is 7.99. The zero-order valence-corrected chi connectivity index (χ0v) is 13.1. The van der Waals surface area contributed by atoms with Crippen LogP contribution in [0.4, 0.5) is 4.39 Å². The molecule has 0 saturated heterocycles. The van der Waals surface area contributed by atoms with E-state index in [9.17, 15) is 9.18 Å². The maximum absolute atomic E-state index is 13.5. The predicted octanol–water partition coefficient (Wildman–Crippen LogP) is 3.24. The molecule has 5 heteroatoms. The first-order valence-corrected chi connectivity index (χ1v) is 7.73. The molecule has 0 aromatic heterocycles. The topological polar surface area (TPSA) is 38.3 Å². The van der Waals surface area contributed by atoms with E-state index >= 15 is 0 Å². The molecule has 0 aliphatic carbocycles. The first-order chi connectivity index (χ1) is 9.53. The molecule has 0 aliphatic rings. The molecule has 0 heterocycles. The third-order valence-electron chi connectivity index (χ3n) is 3.10. The first-order valence-electron chi connectivity index (χ1n) is 6.74. The third kappa shape index (κ3) is 4.80. The number of rotatable bonds is 8. The second kappa shape index (κ2) is 8.27. The zero-order chi connectivity index (χ0) is 15.0. The van der Waals surface area contributed by atoms with Crippen LogP contribution in [0.2, 0.25) is 0 Å². The average molecular weight is 299 g/mol. The van der Waals surface area contributed by atoms with Crippen molar-refractivity contribution in [2.45, 2.75) is 37.1 Å². The lowest BCUT2D eigenvalue weighted by Gasteiger charge is -2.27. The molecule has 0 spiro atoms. The number of hydrogen-bond donors (Lipinski definition) is 1. The minimum absolute atomic E-state index is 0.223. The van der Waals surface area contributed by atoms with Crippen LogP contribution in [0.1, 0.15) is 26.7 Å². The summed E-state index contributed by atoms with van der Waals surface area (Å²) in [5.41, 5.74) is -0.719. The van der Waals surface area contributed by atoms with E-state index in [-0.39, 0.29) is 11.8 Å². The summed E-state index contributed by atoms with van der Waals surface area (Å²) in [6, 6.07) is 6.66. The number of hydrogen-bond acceptors (Lipinski definition) is 4. The highest BCUT2D eigenvalue weighted by Gasteiger charge is 2.33. The highest BCUT2D eigenvalue weighted by Crippen LogP contribution is 2.24. The lowest BCUT2D eigenvalue weighted by molar-refractivity contribution is -0.148. The van der Waals surface area contributed by atoms with Crippen LogP contribution in [-0.4, -0.2) is 30.9 Å². The van der Waals surface area contributed by atoms with Crippen molar-refractivity contribution >= 4 is 17.7 Å². The van der Waals surface area contributed by atoms with E-state index in [1.807, 2.05) is 13.8 Å². The second-order valence-corrected chi connectivity index (χ2v) is 5.92. The van der Waals surface area contributed by atoms with Gasteiger partial charge in [-0.2, -0.15) is 0 Å². The summed E-state index contributed by atoms with van der Waals surface area (Å²) < 4.78 is 18.4. The van der Waals surface area contributed by atoms with Gasteiger partial charge in [0.05, 0.1) is 7.11 Å². The Morgan fingerprint density at radius 3 is 2.75 bits per heavy atom. The molecular formula is C15H22FNO2S. The highest BCUT2D eigenvalue weighted by atomic mass is 32.2. The number of thioether (sulfide) groups is 1. The van der Waals surface area contributed by atoms with Crippen LogP contribution in [0.15, 0.2) is 29.2 Å². The number of methoxy groups -OCH3 is 1. The van der Waals surface area contributed by atoms with Crippen molar-refractivity contribution in [3.05, 3.63) is 30.1 Å². The Morgan fingerprint density at radius 1 is 1.45 bits per heavy atom. The number of benzene rings is 1. The summed E-state index contributed by atoms with van der Waals surface area (Å²) in [5, 5.41) is 3.22. The van der Waals surface area contributed by atoms with Crippen molar-refractivity contribution in [1.29, 1.82) is 0 Å². The van der Waals surface area contributed by atoms with Gasteiger partial charge in [-0.25, -0.2) is 4.39 Å². The van der Waals surface area contributed by atoms with Crippen LogP contribution < -0.4 is 5.32 Å². The Morgan fingerprint density at radius 2 is 2.15 bits per heavy atom. The Balaban J connectivity index is 2.58. The third-order valence-corrected chi connectivity index (χ3v) is 4.15. The number of ether oxygens (including phenoxy) is 1. The minimum Gasteiger partial charge on any atom is -0.468 e. The molecule has 1 atom stereocenters. The SMILES string of the molecule is CCCNC(C)(CCSc1ccccc1F)C(=O)OC. The number of halogens is 1. The predicted molar refractivity (Wildman–Crippen MR) is 80.5 cm³/mol. The van der Waals surface area contributed by atoms with E-state index in [1.165, 1.54) is 24.9 Å². The van der Waals surface area contributed by atoms with Gasteiger partial charge in [-0.3, -0.25) is 4.79 Å². The summed E-state index contributed by atoms with van der Waals surface area (Å²) in [6.07, 6.45) is 1.52. The molecule has 3 nitrogen and oxygen atoms in total. The Hall–Kier alpha value is -1.07. The van der Waals surface area contributed by atoms with E-state index in [2.05, 4.69) is 5.32 Å². The fourth-order valence-corrected chi connectivity index (χ4v) is 2.93. The normalized spacial score (nSPS) is 13.8. The Kier molecular flexibility index (Phi) is 7.02. The van der Waals surface area contributed by atoms with E-state index in [4.69, 9.17) is 4.74 Å². The molecular weight excluding hydrogens is 277 g/mol. The van der Waals surface area contributed by atoms with Gasteiger partial charge in [-0.05, 0) is 38.4 Å². The summed E-state index contributed by atoms with van der Waals surface area (Å²) in [4.78, 5) is 12.5. The van der Waals surface area contributed by atoms with Crippen molar-refractivity contribution < 1.29 is 13.9 Å². The number of esters is 1. The quantitative estimate of drug-likeness (QED) is 0.591. The van der Waals surface area contributed by atoms with Gasteiger partial charge >= 0.3 is 5.97 Å². The van der Waals surface area contributed by atoms with E-state index < -0.39 is 5.54 Å².